The molecule has 3 rings (SSSR count). The van der Waals surface area contributed by atoms with Crippen LogP contribution in [0, 0.1) is 0 Å². The van der Waals surface area contributed by atoms with E-state index in [1.165, 1.54) is 19.3 Å². The van der Waals surface area contributed by atoms with E-state index in [0.717, 1.165) is 53.9 Å². The number of benzene rings is 3. The SMILES string of the molecule is CCCCCCC(C)(O)CCc1ccc(OCc2ccccc2)c(OCc2ccccc2)c1. The molecule has 0 radical (unpaired) electrons. The Hall–Kier alpha value is -2.78. The molecule has 0 bridgehead atoms. The number of hydrogen-bond acceptors (Lipinski definition) is 3. The highest BCUT2D eigenvalue weighted by atomic mass is 16.5. The summed E-state index contributed by atoms with van der Waals surface area (Å²) in [5.74, 6) is 1.49. The lowest BCUT2D eigenvalue weighted by Gasteiger charge is -2.23. The lowest BCUT2D eigenvalue weighted by atomic mass is 9.91. The van der Waals surface area contributed by atoms with Crippen molar-refractivity contribution in [2.45, 2.75) is 77.6 Å². The highest BCUT2D eigenvalue weighted by Gasteiger charge is 2.20. The van der Waals surface area contributed by atoms with Gasteiger partial charge in [-0.15, -0.1) is 0 Å². The van der Waals surface area contributed by atoms with Crippen molar-refractivity contribution >= 4 is 0 Å². The molecule has 0 spiro atoms. The fraction of sp³-hybridized carbons (Fsp3) is 0.400. The van der Waals surface area contributed by atoms with Crippen molar-refractivity contribution < 1.29 is 14.6 Å². The molecule has 0 saturated heterocycles. The maximum absolute atomic E-state index is 10.8. The van der Waals surface area contributed by atoms with Gasteiger partial charge in [0.05, 0.1) is 5.60 Å². The predicted octanol–water partition coefficient (Wildman–Crippen LogP) is 7.50. The molecule has 0 amide bonds. The van der Waals surface area contributed by atoms with E-state index in [0.29, 0.717) is 13.2 Å². The summed E-state index contributed by atoms with van der Waals surface area (Å²) >= 11 is 0. The van der Waals surface area contributed by atoms with Crippen LogP contribution in [0.15, 0.2) is 78.9 Å². The largest absolute Gasteiger partial charge is 0.485 e. The second kappa shape index (κ2) is 13.1. The van der Waals surface area contributed by atoms with E-state index in [1.807, 2.05) is 49.4 Å². The summed E-state index contributed by atoms with van der Waals surface area (Å²) in [5.41, 5.74) is 2.75. The summed E-state index contributed by atoms with van der Waals surface area (Å²) in [7, 11) is 0. The molecule has 0 aliphatic heterocycles. The standard InChI is InChI=1S/C30H38O3/c1-3-4-5-12-20-30(2,31)21-19-25-17-18-28(32-23-26-13-8-6-9-14-26)29(22-25)33-24-27-15-10-7-11-16-27/h6-11,13-18,22,31H,3-5,12,19-21,23-24H2,1-2H3. The third kappa shape index (κ3) is 8.94. The minimum atomic E-state index is -0.638. The number of unbranched alkanes of at least 4 members (excludes halogenated alkanes) is 3. The average molecular weight is 447 g/mol. The number of aryl methyl sites for hydroxylation is 1. The molecule has 0 saturated carbocycles. The quantitative estimate of drug-likeness (QED) is 0.261. The Labute approximate surface area is 199 Å². The fourth-order valence-corrected chi connectivity index (χ4v) is 3.88. The van der Waals surface area contributed by atoms with Crippen molar-refractivity contribution in [2.24, 2.45) is 0 Å². The molecule has 1 unspecified atom stereocenters. The summed E-state index contributed by atoms with van der Waals surface area (Å²) < 4.78 is 12.3. The zero-order valence-corrected chi connectivity index (χ0v) is 20.1. The molecule has 0 fully saturated rings. The monoisotopic (exact) mass is 446 g/mol. The summed E-state index contributed by atoms with van der Waals surface area (Å²) in [5, 5.41) is 10.8. The van der Waals surface area contributed by atoms with Crippen LogP contribution >= 0.6 is 0 Å². The number of hydrogen-bond donors (Lipinski definition) is 1. The van der Waals surface area contributed by atoms with Gasteiger partial charge in [0, 0.05) is 0 Å². The van der Waals surface area contributed by atoms with Gasteiger partial charge in [-0.05, 0) is 55.0 Å². The van der Waals surface area contributed by atoms with Gasteiger partial charge in [0.15, 0.2) is 11.5 Å². The van der Waals surface area contributed by atoms with Crippen LogP contribution in [-0.4, -0.2) is 10.7 Å². The Kier molecular flexibility index (Phi) is 9.83. The van der Waals surface area contributed by atoms with Crippen LogP contribution in [0.25, 0.3) is 0 Å². The molecule has 176 valence electrons. The Morgan fingerprint density at radius 1 is 0.667 bits per heavy atom. The van der Waals surface area contributed by atoms with Crippen molar-refractivity contribution in [1.29, 1.82) is 0 Å². The third-order valence-electron chi connectivity index (χ3n) is 6.00. The molecular formula is C30H38O3. The van der Waals surface area contributed by atoms with Crippen molar-refractivity contribution in [3.05, 3.63) is 95.6 Å². The molecule has 0 heterocycles. The van der Waals surface area contributed by atoms with Gasteiger partial charge in [0.2, 0.25) is 0 Å². The summed E-state index contributed by atoms with van der Waals surface area (Å²) in [6.07, 6.45) is 7.12. The molecule has 3 heteroatoms. The van der Waals surface area contributed by atoms with E-state index >= 15 is 0 Å². The zero-order chi connectivity index (χ0) is 23.4. The second-order valence-electron chi connectivity index (χ2n) is 9.14. The molecule has 3 aromatic rings. The molecule has 33 heavy (non-hydrogen) atoms. The molecule has 1 N–H and O–H groups in total. The van der Waals surface area contributed by atoms with E-state index in [2.05, 4.69) is 43.3 Å². The van der Waals surface area contributed by atoms with Gasteiger partial charge < -0.3 is 14.6 Å². The van der Waals surface area contributed by atoms with Crippen molar-refractivity contribution in [1.82, 2.24) is 0 Å². The van der Waals surface area contributed by atoms with Gasteiger partial charge >= 0.3 is 0 Å². The van der Waals surface area contributed by atoms with Gasteiger partial charge in [-0.1, -0.05) is 99.3 Å². The molecular weight excluding hydrogens is 408 g/mol. The Morgan fingerprint density at radius 3 is 1.88 bits per heavy atom. The van der Waals surface area contributed by atoms with E-state index in [1.54, 1.807) is 0 Å². The first kappa shape index (κ1) is 24.9. The highest BCUT2D eigenvalue weighted by Crippen LogP contribution is 2.31. The molecule has 3 nitrogen and oxygen atoms in total. The Bertz CT molecular complexity index is 935. The van der Waals surface area contributed by atoms with Crippen LogP contribution in [0.4, 0.5) is 0 Å². The molecule has 3 aromatic carbocycles. The molecule has 1 atom stereocenters. The smallest absolute Gasteiger partial charge is 0.161 e. The van der Waals surface area contributed by atoms with Crippen molar-refractivity contribution in [3.8, 4) is 11.5 Å². The maximum Gasteiger partial charge on any atom is 0.161 e. The minimum Gasteiger partial charge on any atom is -0.485 e. The average Bonchev–Trinajstić information content (AvgIpc) is 2.85. The molecule has 0 aliphatic rings. The first-order chi connectivity index (χ1) is 16.1. The zero-order valence-electron chi connectivity index (χ0n) is 20.1. The van der Waals surface area contributed by atoms with E-state index in [4.69, 9.17) is 9.47 Å². The van der Waals surface area contributed by atoms with E-state index < -0.39 is 5.60 Å². The van der Waals surface area contributed by atoms with Gasteiger partial charge in [-0.25, -0.2) is 0 Å². The van der Waals surface area contributed by atoms with Gasteiger partial charge in [-0.3, -0.25) is 0 Å². The van der Waals surface area contributed by atoms with Gasteiger partial charge in [0.25, 0.3) is 0 Å². The minimum absolute atomic E-state index is 0.487. The van der Waals surface area contributed by atoms with Crippen LogP contribution in [0.5, 0.6) is 11.5 Å². The summed E-state index contributed by atoms with van der Waals surface area (Å²) in [4.78, 5) is 0. The van der Waals surface area contributed by atoms with Crippen LogP contribution in [0.1, 0.15) is 69.1 Å². The van der Waals surface area contributed by atoms with Crippen LogP contribution in [-0.2, 0) is 19.6 Å². The van der Waals surface area contributed by atoms with Gasteiger partial charge in [0.1, 0.15) is 13.2 Å². The maximum atomic E-state index is 10.8. The number of rotatable bonds is 14. The Morgan fingerprint density at radius 2 is 1.27 bits per heavy atom. The lowest BCUT2D eigenvalue weighted by molar-refractivity contribution is 0.0396. The molecule has 0 aliphatic carbocycles. The van der Waals surface area contributed by atoms with Crippen LogP contribution in [0.2, 0.25) is 0 Å². The summed E-state index contributed by atoms with van der Waals surface area (Å²) in [6, 6.07) is 26.5. The van der Waals surface area contributed by atoms with Crippen molar-refractivity contribution in [2.75, 3.05) is 0 Å². The Balaban J connectivity index is 1.65. The third-order valence-corrected chi connectivity index (χ3v) is 6.00. The van der Waals surface area contributed by atoms with Gasteiger partial charge in [-0.2, -0.15) is 0 Å². The van der Waals surface area contributed by atoms with Crippen LogP contribution in [0.3, 0.4) is 0 Å². The summed E-state index contributed by atoms with van der Waals surface area (Å²) in [6.45, 7) is 5.15. The topological polar surface area (TPSA) is 38.7 Å². The highest BCUT2D eigenvalue weighted by molar-refractivity contribution is 5.43. The van der Waals surface area contributed by atoms with Crippen LogP contribution < -0.4 is 9.47 Å². The fourth-order valence-electron chi connectivity index (χ4n) is 3.88. The van der Waals surface area contributed by atoms with E-state index in [9.17, 15) is 5.11 Å². The predicted molar refractivity (Wildman–Crippen MR) is 136 cm³/mol. The normalized spacial score (nSPS) is 12.8. The number of ether oxygens (including phenoxy) is 2. The molecule has 0 aromatic heterocycles. The first-order valence-electron chi connectivity index (χ1n) is 12.2. The lowest BCUT2D eigenvalue weighted by Crippen LogP contribution is -2.24. The number of aliphatic hydroxyl groups is 1. The van der Waals surface area contributed by atoms with Crippen molar-refractivity contribution in [3.63, 3.8) is 0 Å². The first-order valence-corrected chi connectivity index (χ1v) is 12.2. The van der Waals surface area contributed by atoms with E-state index in [-0.39, 0.29) is 0 Å². The second-order valence-corrected chi connectivity index (χ2v) is 9.14.